The zero-order valence-corrected chi connectivity index (χ0v) is 14.5. The second-order valence-electron chi connectivity index (χ2n) is 7.47. The number of nitrogens with zero attached hydrogens (tertiary/aromatic N) is 3. The van der Waals surface area contributed by atoms with Gasteiger partial charge in [0.2, 0.25) is 0 Å². The molecule has 0 aromatic carbocycles. The average Bonchev–Trinajstić information content (AvgIpc) is 3.32. The normalized spacial score (nSPS) is 28.3. The lowest BCUT2D eigenvalue weighted by atomic mass is 9.95. The van der Waals surface area contributed by atoms with Gasteiger partial charge >= 0.3 is 0 Å². The molecule has 25 heavy (non-hydrogen) atoms. The SMILES string of the molecule is C[C@@H]1C[C@@H](OC2CCOCC2)C[C@@H]1c1cnc2cnc3[nH]ccc3n12. The Hall–Kier alpha value is -1.92. The van der Waals surface area contributed by atoms with Gasteiger partial charge in [0.1, 0.15) is 0 Å². The first-order valence-corrected chi connectivity index (χ1v) is 9.32. The summed E-state index contributed by atoms with van der Waals surface area (Å²) in [5.74, 6) is 1.06. The molecule has 1 N–H and O–H groups in total. The van der Waals surface area contributed by atoms with Crippen LogP contribution in [0.2, 0.25) is 0 Å². The summed E-state index contributed by atoms with van der Waals surface area (Å²) in [7, 11) is 0. The van der Waals surface area contributed by atoms with Gasteiger partial charge in [-0.25, -0.2) is 9.97 Å². The molecular weight excluding hydrogens is 316 g/mol. The third-order valence-corrected chi connectivity index (χ3v) is 5.84. The number of aromatic nitrogens is 4. The van der Waals surface area contributed by atoms with Crippen molar-refractivity contribution in [2.75, 3.05) is 13.2 Å². The molecule has 1 aliphatic heterocycles. The first-order valence-electron chi connectivity index (χ1n) is 9.32. The summed E-state index contributed by atoms with van der Waals surface area (Å²) in [4.78, 5) is 12.2. The van der Waals surface area contributed by atoms with Crippen molar-refractivity contribution in [1.29, 1.82) is 0 Å². The van der Waals surface area contributed by atoms with Gasteiger partial charge in [-0.15, -0.1) is 0 Å². The van der Waals surface area contributed by atoms with Crippen LogP contribution in [0.4, 0.5) is 0 Å². The Morgan fingerprint density at radius 1 is 1.16 bits per heavy atom. The fourth-order valence-electron chi connectivity index (χ4n) is 4.55. The molecule has 1 saturated heterocycles. The van der Waals surface area contributed by atoms with E-state index in [2.05, 4.69) is 32.3 Å². The predicted octanol–water partition coefficient (Wildman–Crippen LogP) is 3.29. The standard InChI is InChI=1S/C19H24N4O2/c1-12-8-14(25-13-3-6-24-7-4-13)9-15(12)17-10-21-18-11-22-19-16(23(17)18)2-5-20-19/h2,5,10-15,20H,3-4,6-9H2,1H3/t12-,14-,15+/m1/s1. The molecule has 0 bridgehead atoms. The van der Waals surface area contributed by atoms with Gasteiger partial charge in [-0.1, -0.05) is 6.92 Å². The third kappa shape index (κ3) is 2.64. The van der Waals surface area contributed by atoms with Gasteiger partial charge in [0.15, 0.2) is 11.3 Å². The minimum atomic E-state index is 0.345. The number of ether oxygens (including phenoxy) is 2. The van der Waals surface area contributed by atoms with Crippen molar-refractivity contribution in [3.8, 4) is 0 Å². The maximum atomic E-state index is 6.41. The van der Waals surface area contributed by atoms with Crippen LogP contribution in [0.3, 0.4) is 0 Å². The molecule has 2 aliphatic rings. The Bertz CT molecular complexity index is 880. The molecule has 3 aromatic heterocycles. The average molecular weight is 340 g/mol. The summed E-state index contributed by atoms with van der Waals surface area (Å²) in [6, 6.07) is 2.08. The minimum Gasteiger partial charge on any atom is -0.381 e. The molecular formula is C19H24N4O2. The van der Waals surface area contributed by atoms with Crippen LogP contribution in [0.25, 0.3) is 16.8 Å². The largest absolute Gasteiger partial charge is 0.381 e. The second kappa shape index (κ2) is 6.11. The Kier molecular flexibility index (Phi) is 3.75. The summed E-state index contributed by atoms with van der Waals surface area (Å²) in [6.07, 6.45) is 10.8. The van der Waals surface area contributed by atoms with Gasteiger partial charge in [-0.05, 0) is 37.7 Å². The third-order valence-electron chi connectivity index (χ3n) is 5.84. The number of rotatable bonds is 3. The van der Waals surface area contributed by atoms with Crippen molar-refractivity contribution < 1.29 is 9.47 Å². The van der Waals surface area contributed by atoms with Gasteiger partial charge in [-0.3, -0.25) is 4.40 Å². The molecule has 0 spiro atoms. The highest BCUT2D eigenvalue weighted by molar-refractivity contribution is 5.74. The number of nitrogens with one attached hydrogen (secondary N) is 1. The van der Waals surface area contributed by atoms with E-state index in [0.717, 1.165) is 55.7 Å². The van der Waals surface area contributed by atoms with Crippen molar-refractivity contribution in [2.45, 2.75) is 50.7 Å². The molecule has 0 unspecified atom stereocenters. The number of hydrogen-bond acceptors (Lipinski definition) is 4. The lowest BCUT2D eigenvalue weighted by molar-refractivity contribution is -0.0666. The smallest absolute Gasteiger partial charge is 0.156 e. The zero-order valence-electron chi connectivity index (χ0n) is 14.5. The van der Waals surface area contributed by atoms with Crippen LogP contribution in [0.1, 0.15) is 44.2 Å². The van der Waals surface area contributed by atoms with Crippen LogP contribution in [-0.4, -0.2) is 44.8 Å². The van der Waals surface area contributed by atoms with Crippen molar-refractivity contribution in [2.24, 2.45) is 5.92 Å². The Balaban J connectivity index is 1.43. The fourth-order valence-corrected chi connectivity index (χ4v) is 4.55. The van der Waals surface area contributed by atoms with E-state index in [9.17, 15) is 0 Å². The molecule has 2 fully saturated rings. The first-order chi connectivity index (χ1) is 12.3. The molecule has 6 heteroatoms. The molecule has 6 nitrogen and oxygen atoms in total. The van der Waals surface area contributed by atoms with E-state index >= 15 is 0 Å². The summed E-state index contributed by atoms with van der Waals surface area (Å²) in [5.41, 5.74) is 4.22. The van der Waals surface area contributed by atoms with E-state index in [0.29, 0.717) is 24.0 Å². The van der Waals surface area contributed by atoms with Crippen LogP contribution >= 0.6 is 0 Å². The maximum absolute atomic E-state index is 6.41. The van der Waals surface area contributed by atoms with E-state index in [4.69, 9.17) is 9.47 Å². The van der Waals surface area contributed by atoms with Gasteiger partial charge < -0.3 is 14.5 Å². The van der Waals surface area contributed by atoms with Crippen molar-refractivity contribution in [1.82, 2.24) is 19.4 Å². The van der Waals surface area contributed by atoms with Gasteiger partial charge in [0, 0.05) is 37.2 Å². The molecule has 1 aliphatic carbocycles. The molecule has 0 amide bonds. The molecule has 132 valence electrons. The lowest BCUT2D eigenvalue weighted by Gasteiger charge is -2.25. The molecule has 0 radical (unpaired) electrons. The fraction of sp³-hybridized carbons (Fsp3) is 0.579. The van der Waals surface area contributed by atoms with E-state index in [-0.39, 0.29) is 0 Å². The molecule has 4 heterocycles. The Morgan fingerprint density at radius 3 is 2.92 bits per heavy atom. The molecule has 5 rings (SSSR count). The molecule has 1 saturated carbocycles. The van der Waals surface area contributed by atoms with E-state index in [1.807, 2.05) is 18.6 Å². The summed E-state index contributed by atoms with van der Waals surface area (Å²) in [6.45, 7) is 4.01. The van der Waals surface area contributed by atoms with Crippen molar-refractivity contribution in [3.05, 3.63) is 30.4 Å². The highest BCUT2D eigenvalue weighted by Gasteiger charge is 2.36. The van der Waals surface area contributed by atoms with Crippen LogP contribution in [0.5, 0.6) is 0 Å². The number of aromatic amines is 1. The van der Waals surface area contributed by atoms with Gasteiger partial charge in [0.25, 0.3) is 0 Å². The quantitative estimate of drug-likeness (QED) is 0.795. The topological polar surface area (TPSA) is 64.4 Å². The van der Waals surface area contributed by atoms with Crippen molar-refractivity contribution in [3.63, 3.8) is 0 Å². The summed E-state index contributed by atoms with van der Waals surface area (Å²) >= 11 is 0. The Morgan fingerprint density at radius 2 is 2.04 bits per heavy atom. The second-order valence-corrected chi connectivity index (χ2v) is 7.47. The number of hydrogen-bond donors (Lipinski definition) is 1. The van der Waals surface area contributed by atoms with Crippen molar-refractivity contribution >= 4 is 16.8 Å². The minimum absolute atomic E-state index is 0.345. The van der Waals surface area contributed by atoms with Crippen LogP contribution in [0.15, 0.2) is 24.7 Å². The highest BCUT2D eigenvalue weighted by Crippen LogP contribution is 2.42. The van der Waals surface area contributed by atoms with E-state index in [1.54, 1.807) is 0 Å². The van der Waals surface area contributed by atoms with Crippen LogP contribution < -0.4 is 0 Å². The maximum Gasteiger partial charge on any atom is 0.156 e. The number of H-pyrrole nitrogens is 1. The van der Waals surface area contributed by atoms with Gasteiger partial charge in [-0.2, -0.15) is 0 Å². The summed E-state index contributed by atoms with van der Waals surface area (Å²) < 4.78 is 14.1. The number of fused-ring (bicyclic) bond motifs is 3. The van der Waals surface area contributed by atoms with E-state index < -0.39 is 0 Å². The molecule has 3 aromatic rings. The highest BCUT2D eigenvalue weighted by atomic mass is 16.5. The predicted molar refractivity (Wildman–Crippen MR) is 94.7 cm³/mol. The van der Waals surface area contributed by atoms with Crippen LogP contribution in [0, 0.1) is 5.92 Å². The monoisotopic (exact) mass is 340 g/mol. The number of imidazole rings is 1. The van der Waals surface area contributed by atoms with Gasteiger partial charge in [0.05, 0.1) is 23.9 Å². The first kappa shape index (κ1) is 15.3. The lowest BCUT2D eigenvalue weighted by Crippen LogP contribution is -2.27. The summed E-state index contributed by atoms with van der Waals surface area (Å²) in [5, 5.41) is 0. The Labute approximate surface area is 146 Å². The zero-order chi connectivity index (χ0) is 16.8. The molecule has 3 atom stereocenters. The van der Waals surface area contributed by atoms with E-state index in [1.165, 1.54) is 5.69 Å². The van der Waals surface area contributed by atoms with Crippen LogP contribution in [-0.2, 0) is 9.47 Å².